The maximum Gasteiger partial charge on any atom is 0.252 e. The summed E-state index contributed by atoms with van der Waals surface area (Å²) in [6, 6.07) is 3.63. The highest BCUT2D eigenvalue weighted by molar-refractivity contribution is 9.11. The van der Waals surface area contributed by atoms with Gasteiger partial charge < -0.3 is 4.90 Å². The van der Waals surface area contributed by atoms with Crippen LogP contribution < -0.4 is 0 Å². The van der Waals surface area contributed by atoms with Gasteiger partial charge in [0.05, 0.1) is 3.79 Å². The van der Waals surface area contributed by atoms with E-state index in [1.165, 1.54) is 30.6 Å². The summed E-state index contributed by atoms with van der Waals surface area (Å²) in [6.07, 6.45) is 4.73. The molecule has 2 aliphatic rings. The molecule has 1 atom stereocenters. The van der Waals surface area contributed by atoms with Crippen LogP contribution in [0, 0.1) is 0 Å². The lowest BCUT2D eigenvalue weighted by Gasteiger charge is -2.34. The molecule has 2 aliphatic heterocycles. The van der Waals surface area contributed by atoms with Crippen molar-refractivity contribution in [1.29, 1.82) is 0 Å². The van der Waals surface area contributed by atoms with Crippen molar-refractivity contribution in [2.75, 3.05) is 37.7 Å². The minimum absolute atomic E-state index is 0.0893. The molecule has 0 saturated carbocycles. The van der Waals surface area contributed by atoms with E-state index in [0.717, 1.165) is 41.3 Å². The third kappa shape index (κ3) is 4.52. The molecule has 0 aliphatic carbocycles. The van der Waals surface area contributed by atoms with Crippen molar-refractivity contribution in [2.24, 2.45) is 0 Å². The summed E-state index contributed by atoms with van der Waals surface area (Å²) in [4.78, 5) is 2.45. The first-order chi connectivity index (χ1) is 11.1. The minimum atomic E-state index is -3.38. The SMILES string of the molecule is O=S(=O)(c1ccc(Br)s1)N1CCCSCC1CN1CCCCC1. The Balaban J connectivity index is 1.80. The van der Waals surface area contributed by atoms with Crippen molar-refractivity contribution < 1.29 is 8.42 Å². The van der Waals surface area contributed by atoms with Gasteiger partial charge in [-0.1, -0.05) is 6.42 Å². The van der Waals surface area contributed by atoms with Gasteiger partial charge >= 0.3 is 0 Å². The van der Waals surface area contributed by atoms with Crippen molar-refractivity contribution in [3.63, 3.8) is 0 Å². The molecular weight excluding hydrogens is 416 g/mol. The first kappa shape index (κ1) is 18.2. The normalized spacial score (nSPS) is 25.3. The molecule has 0 aromatic carbocycles. The van der Waals surface area contributed by atoms with Crippen LogP contribution in [0.1, 0.15) is 25.7 Å². The van der Waals surface area contributed by atoms with Crippen molar-refractivity contribution in [1.82, 2.24) is 9.21 Å². The van der Waals surface area contributed by atoms with Crippen LogP contribution >= 0.6 is 39.0 Å². The molecule has 0 N–H and O–H groups in total. The van der Waals surface area contributed by atoms with E-state index in [0.29, 0.717) is 10.8 Å². The second-order valence-electron chi connectivity index (χ2n) is 6.12. The third-order valence-electron chi connectivity index (χ3n) is 4.41. The number of thiophene rings is 1. The molecule has 3 heterocycles. The van der Waals surface area contributed by atoms with E-state index >= 15 is 0 Å². The Labute approximate surface area is 155 Å². The van der Waals surface area contributed by atoms with Crippen LogP contribution in [0.5, 0.6) is 0 Å². The summed E-state index contributed by atoms with van der Waals surface area (Å²) in [5, 5.41) is 0. The third-order valence-corrected chi connectivity index (χ3v) is 9.65. The molecule has 8 heteroatoms. The maximum atomic E-state index is 13.1. The number of halogens is 1. The molecule has 1 aromatic heterocycles. The van der Waals surface area contributed by atoms with Crippen LogP contribution in [-0.4, -0.2) is 61.3 Å². The second kappa shape index (κ2) is 8.19. The highest BCUT2D eigenvalue weighted by Crippen LogP contribution is 2.31. The predicted molar refractivity (Wildman–Crippen MR) is 102 cm³/mol. The quantitative estimate of drug-likeness (QED) is 0.720. The molecule has 1 unspecified atom stereocenters. The number of hydrogen-bond donors (Lipinski definition) is 0. The zero-order valence-corrected chi connectivity index (χ0v) is 17.2. The Kier molecular flexibility index (Phi) is 6.48. The molecule has 2 fully saturated rings. The summed E-state index contributed by atoms with van der Waals surface area (Å²) >= 11 is 6.59. The highest BCUT2D eigenvalue weighted by atomic mass is 79.9. The zero-order valence-electron chi connectivity index (χ0n) is 13.1. The van der Waals surface area contributed by atoms with Crippen molar-refractivity contribution in [3.05, 3.63) is 15.9 Å². The fourth-order valence-corrected chi connectivity index (χ4v) is 8.20. The average molecular weight is 439 g/mol. The van der Waals surface area contributed by atoms with Crippen LogP contribution in [0.15, 0.2) is 20.1 Å². The second-order valence-corrected chi connectivity index (χ2v) is 11.8. The molecule has 2 saturated heterocycles. The molecule has 4 nitrogen and oxygen atoms in total. The van der Waals surface area contributed by atoms with Gasteiger partial charge in [-0.3, -0.25) is 0 Å². The van der Waals surface area contributed by atoms with Crippen LogP contribution in [0.2, 0.25) is 0 Å². The van der Waals surface area contributed by atoms with E-state index in [-0.39, 0.29) is 6.04 Å². The van der Waals surface area contributed by atoms with Crippen LogP contribution in [0.25, 0.3) is 0 Å². The molecule has 0 radical (unpaired) electrons. The van der Waals surface area contributed by atoms with Crippen LogP contribution in [-0.2, 0) is 10.0 Å². The topological polar surface area (TPSA) is 40.6 Å². The first-order valence-corrected chi connectivity index (χ1v) is 12.3. The molecule has 0 bridgehead atoms. The van der Waals surface area contributed by atoms with Gasteiger partial charge in [0.1, 0.15) is 4.21 Å². The van der Waals surface area contributed by atoms with Gasteiger partial charge in [-0.2, -0.15) is 16.1 Å². The smallest absolute Gasteiger partial charge is 0.252 e. The van der Waals surface area contributed by atoms with Gasteiger partial charge in [0.15, 0.2) is 0 Å². The van der Waals surface area contributed by atoms with Gasteiger partial charge in [0.2, 0.25) is 0 Å². The lowest BCUT2D eigenvalue weighted by atomic mass is 10.1. The Hall–Kier alpha value is 0.400. The highest BCUT2D eigenvalue weighted by Gasteiger charge is 2.34. The fraction of sp³-hybridized carbons (Fsp3) is 0.733. The number of rotatable bonds is 4. The molecule has 1 aromatic rings. The van der Waals surface area contributed by atoms with E-state index in [4.69, 9.17) is 0 Å². The Bertz CT molecular complexity index is 614. The summed E-state index contributed by atoms with van der Waals surface area (Å²) in [5.74, 6) is 1.96. The van der Waals surface area contributed by atoms with E-state index in [9.17, 15) is 8.42 Å². The summed E-state index contributed by atoms with van der Waals surface area (Å²) in [7, 11) is -3.38. The molecular formula is C15H23BrN2O2S3. The van der Waals surface area contributed by atoms with E-state index < -0.39 is 10.0 Å². The van der Waals surface area contributed by atoms with Gasteiger partial charge in [-0.05, 0) is 66.2 Å². The van der Waals surface area contributed by atoms with Gasteiger partial charge in [0.25, 0.3) is 10.0 Å². The lowest BCUT2D eigenvalue weighted by Crippen LogP contribution is -2.48. The summed E-state index contributed by atoms with van der Waals surface area (Å²) < 4.78 is 29.3. The number of likely N-dealkylation sites (tertiary alicyclic amines) is 1. The van der Waals surface area contributed by atoms with Gasteiger partial charge in [-0.15, -0.1) is 11.3 Å². The number of thioether (sulfide) groups is 1. The van der Waals surface area contributed by atoms with Crippen molar-refractivity contribution >= 4 is 49.1 Å². The van der Waals surface area contributed by atoms with E-state index in [1.807, 2.05) is 17.8 Å². The number of sulfonamides is 1. The monoisotopic (exact) mass is 438 g/mol. The van der Waals surface area contributed by atoms with Crippen molar-refractivity contribution in [3.8, 4) is 0 Å². The Morgan fingerprint density at radius 3 is 2.61 bits per heavy atom. The molecule has 23 heavy (non-hydrogen) atoms. The number of piperidine rings is 1. The summed E-state index contributed by atoms with van der Waals surface area (Å²) in [5.41, 5.74) is 0. The Morgan fingerprint density at radius 1 is 1.13 bits per heavy atom. The first-order valence-electron chi connectivity index (χ1n) is 8.14. The Morgan fingerprint density at radius 2 is 1.91 bits per heavy atom. The lowest BCUT2D eigenvalue weighted by molar-refractivity contribution is 0.183. The van der Waals surface area contributed by atoms with Gasteiger partial charge in [-0.25, -0.2) is 8.42 Å². The molecule has 0 spiro atoms. The fourth-order valence-electron chi connectivity index (χ4n) is 3.26. The maximum absolute atomic E-state index is 13.1. The van der Waals surface area contributed by atoms with Gasteiger partial charge in [0, 0.05) is 24.9 Å². The average Bonchev–Trinajstić information content (AvgIpc) is 2.85. The van der Waals surface area contributed by atoms with Crippen LogP contribution in [0.4, 0.5) is 0 Å². The van der Waals surface area contributed by atoms with E-state index in [1.54, 1.807) is 10.4 Å². The number of nitrogens with zero attached hydrogens (tertiary/aromatic N) is 2. The molecule has 130 valence electrons. The van der Waals surface area contributed by atoms with Crippen molar-refractivity contribution in [2.45, 2.75) is 35.9 Å². The molecule has 0 amide bonds. The zero-order chi connectivity index (χ0) is 16.3. The number of hydrogen-bond acceptors (Lipinski definition) is 5. The van der Waals surface area contributed by atoms with Crippen LogP contribution in [0.3, 0.4) is 0 Å². The standard InChI is InChI=1S/C15H23BrN2O2S3/c16-14-5-6-15(22-14)23(19,20)18-9-4-10-21-12-13(18)11-17-7-2-1-3-8-17/h5-6,13H,1-4,7-12H2. The minimum Gasteiger partial charge on any atom is -0.302 e. The van der Waals surface area contributed by atoms with E-state index in [2.05, 4.69) is 20.8 Å². The molecule has 3 rings (SSSR count). The predicted octanol–water partition coefficient (Wildman–Crippen LogP) is 3.49. The summed E-state index contributed by atoms with van der Waals surface area (Å²) in [6.45, 7) is 3.74. The largest absolute Gasteiger partial charge is 0.302 e.